The molecule has 2 N–H and O–H groups in total. The van der Waals surface area contributed by atoms with Crippen LogP contribution in [0.25, 0.3) is 0 Å². The molecule has 9 nitrogen and oxygen atoms in total. The summed E-state index contributed by atoms with van der Waals surface area (Å²) in [7, 11) is -4.94. The molecule has 0 atom stereocenters. The molecule has 26 heavy (non-hydrogen) atoms. The zero-order valence-corrected chi connectivity index (χ0v) is 15.0. The number of hydrogen-bond acceptors (Lipinski definition) is 9. The predicted octanol–water partition coefficient (Wildman–Crippen LogP) is -3.69. The Morgan fingerprint density at radius 2 is 1.85 bits per heavy atom. The van der Waals surface area contributed by atoms with Crippen LogP contribution in [0.2, 0.25) is 0 Å². The Morgan fingerprint density at radius 1 is 1.15 bits per heavy atom. The summed E-state index contributed by atoms with van der Waals surface area (Å²) >= 11 is 0. The Kier molecular flexibility index (Phi) is 11.7. The van der Waals surface area contributed by atoms with Gasteiger partial charge in [0.05, 0.1) is 12.2 Å². The number of halogens is 1. The van der Waals surface area contributed by atoms with Crippen LogP contribution in [0, 0.1) is 10.2 Å². The van der Waals surface area contributed by atoms with E-state index in [1.54, 1.807) is 6.20 Å². The Morgan fingerprint density at radius 3 is 2.46 bits per heavy atom. The van der Waals surface area contributed by atoms with Crippen molar-refractivity contribution >= 4 is 6.21 Å². The maximum absolute atomic E-state index is 11.5. The monoisotopic (exact) mass is 432 g/mol. The van der Waals surface area contributed by atoms with E-state index in [2.05, 4.69) is 15.3 Å². The summed E-state index contributed by atoms with van der Waals surface area (Å²) in [5, 5.41) is 23.9. The first-order valence-corrected chi connectivity index (χ1v) is 8.21. The smallest absolute Gasteiger partial charge is 0.872 e. The molecule has 2 aromatic rings. The van der Waals surface area contributed by atoms with Crippen molar-refractivity contribution in [2.24, 2.45) is 4.99 Å². The van der Waals surface area contributed by atoms with Crippen LogP contribution in [0.3, 0.4) is 0 Å². The fraction of sp³-hybridized carbons (Fsp3) is 0.200. The topological polar surface area (TPSA) is 173 Å². The summed E-state index contributed by atoms with van der Waals surface area (Å²) in [5.41, 5.74) is 1.38. The van der Waals surface area contributed by atoms with Crippen molar-refractivity contribution in [3.63, 3.8) is 0 Å². The number of aliphatic imine (C=N–C) groups is 1. The van der Waals surface area contributed by atoms with Gasteiger partial charge in [-0.25, -0.2) is 18.6 Å². The zero-order valence-electron chi connectivity index (χ0n) is 13.3. The Bertz CT molecular complexity index is 664. The second-order valence-corrected chi connectivity index (χ2v) is 5.39. The largest absolute Gasteiger partial charge is 2.00 e. The van der Waals surface area contributed by atoms with Crippen LogP contribution >= 0.6 is 0 Å². The average molecular weight is 433 g/mol. The van der Waals surface area contributed by atoms with E-state index in [4.69, 9.17) is 18.6 Å². The van der Waals surface area contributed by atoms with Crippen LogP contribution < -0.4 is 29.1 Å². The number of phenols is 1. The van der Waals surface area contributed by atoms with Crippen LogP contribution in [-0.2, 0) is 23.6 Å². The third-order valence-electron chi connectivity index (χ3n) is 2.67. The van der Waals surface area contributed by atoms with Gasteiger partial charge in [0.25, 0.3) is 0 Å². The molecule has 2 rings (SSSR count). The minimum absolute atomic E-state index is 0. The molecule has 0 aliphatic rings. The van der Waals surface area contributed by atoms with Gasteiger partial charge in [-0.1, -0.05) is 17.9 Å². The predicted molar refractivity (Wildman–Crippen MR) is 76.0 cm³/mol. The van der Waals surface area contributed by atoms with E-state index in [9.17, 15) is 10.2 Å². The summed E-state index contributed by atoms with van der Waals surface area (Å²) < 4.78 is 34.0. The summed E-state index contributed by atoms with van der Waals surface area (Å²) in [6, 6.07) is 9.88. The molecule has 0 fully saturated rings. The quantitative estimate of drug-likeness (QED) is 0.266. The van der Waals surface area contributed by atoms with Gasteiger partial charge in [-0.2, -0.15) is 0 Å². The molecule has 0 aliphatic heterocycles. The van der Waals surface area contributed by atoms with E-state index in [1.165, 1.54) is 24.4 Å². The van der Waals surface area contributed by atoms with Gasteiger partial charge in [0, 0.05) is 25.5 Å². The summed E-state index contributed by atoms with van der Waals surface area (Å²) in [6.45, 7) is 1.94. The summed E-state index contributed by atoms with van der Waals surface area (Å²) in [5.74, 6) is -0.0766. The van der Waals surface area contributed by atoms with Crippen molar-refractivity contribution in [1.29, 1.82) is 0 Å². The maximum Gasteiger partial charge on any atom is 2.00 e. The summed E-state index contributed by atoms with van der Waals surface area (Å²) in [4.78, 5) is 8.35. The molecule has 0 saturated heterocycles. The van der Waals surface area contributed by atoms with Crippen LogP contribution in [-0.4, -0.2) is 29.4 Å². The van der Waals surface area contributed by atoms with Crippen LogP contribution in [0.5, 0.6) is 11.5 Å². The molecule has 0 saturated carbocycles. The Balaban J connectivity index is 0.000000923. The molecular formula is C15H16ClCuN3O6. The number of nitrogens with zero attached hydrogens (tertiary/aromatic N) is 2. The van der Waals surface area contributed by atoms with Gasteiger partial charge in [0.1, 0.15) is 5.75 Å². The molecule has 1 aromatic heterocycles. The molecule has 0 bridgehead atoms. The number of pyridine rings is 1. The Hall–Kier alpha value is -1.75. The number of aromatic nitrogens is 1. The van der Waals surface area contributed by atoms with Crippen LogP contribution in [0.4, 0.5) is 0 Å². The maximum atomic E-state index is 11.5. The first-order valence-electron chi connectivity index (χ1n) is 6.98. The normalized spacial score (nSPS) is 10.8. The van der Waals surface area contributed by atoms with Gasteiger partial charge in [0.2, 0.25) is 0 Å². The molecule has 1 heterocycles. The number of hydrogen-bond donors (Lipinski definition) is 2. The van der Waals surface area contributed by atoms with Crippen molar-refractivity contribution in [2.75, 3.05) is 13.1 Å². The second-order valence-electron chi connectivity index (χ2n) is 4.63. The molecule has 1 aromatic carbocycles. The number of phenolic OH excluding ortho intramolecular Hbond substituents is 1. The van der Waals surface area contributed by atoms with Crippen molar-refractivity contribution < 1.29 is 56.2 Å². The first kappa shape index (κ1) is 24.2. The zero-order chi connectivity index (χ0) is 18.7. The van der Waals surface area contributed by atoms with E-state index in [0.29, 0.717) is 25.2 Å². The van der Waals surface area contributed by atoms with Crippen LogP contribution in [0.1, 0.15) is 11.3 Å². The standard InChI is InChI=1S/C15H17N3O2.ClHO4.Cu/c19-14-4-5-15(20)12(9-14)10-16-7-8-17-11-13-3-1-2-6-18-13;2-1(3,4)5;/h1-6,9-10,17,19-20H,7-8,11H2;(H,2,3,4,5);/q;;+2/p-2. The van der Waals surface area contributed by atoms with Crippen molar-refractivity contribution in [1.82, 2.24) is 10.3 Å². The Labute approximate surface area is 162 Å². The SMILES string of the molecule is [Cu+2].[O-][Cl+3]([O-])([O-])[O-].[O-]c1ccc(O)cc1C=NCCNCc1ccccn1. The second kappa shape index (κ2) is 12.6. The van der Waals surface area contributed by atoms with Crippen molar-refractivity contribution in [3.05, 3.63) is 53.9 Å². The average Bonchev–Trinajstić information content (AvgIpc) is 2.53. The molecule has 11 heteroatoms. The van der Waals surface area contributed by atoms with Gasteiger partial charge >= 0.3 is 17.1 Å². The molecule has 0 spiro atoms. The van der Waals surface area contributed by atoms with Crippen molar-refractivity contribution in [3.8, 4) is 11.5 Å². The van der Waals surface area contributed by atoms with Gasteiger partial charge < -0.3 is 15.5 Å². The number of nitrogens with one attached hydrogen (secondary N) is 1. The van der Waals surface area contributed by atoms with E-state index in [1.807, 2.05) is 18.2 Å². The molecule has 0 amide bonds. The fourth-order valence-corrected chi connectivity index (χ4v) is 1.66. The van der Waals surface area contributed by atoms with Gasteiger partial charge in [-0.15, -0.1) is 10.2 Å². The molecule has 0 unspecified atom stereocenters. The fourth-order valence-electron chi connectivity index (χ4n) is 1.66. The van der Waals surface area contributed by atoms with Gasteiger partial charge in [-0.3, -0.25) is 9.98 Å². The minimum atomic E-state index is -4.94. The number of benzene rings is 1. The van der Waals surface area contributed by atoms with E-state index >= 15 is 0 Å². The first-order chi connectivity index (χ1) is 11.8. The van der Waals surface area contributed by atoms with Gasteiger partial charge in [0.15, 0.2) is 0 Å². The molecule has 145 valence electrons. The third kappa shape index (κ3) is 12.6. The van der Waals surface area contributed by atoms with E-state index < -0.39 is 10.2 Å². The molecule has 0 aliphatic carbocycles. The van der Waals surface area contributed by atoms with E-state index in [0.717, 1.165) is 5.69 Å². The molecular weight excluding hydrogens is 417 g/mol. The third-order valence-corrected chi connectivity index (χ3v) is 2.67. The summed E-state index contributed by atoms with van der Waals surface area (Å²) in [6.07, 6.45) is 3.25. The van der Waals surface area contributed by atoms with Crippen LogP contribution in [0.15, 0.2) is 47.6 Å². The van der Waals surface area contributed by atoms with E-state index in [-0.39, 0.29) is 28.6 Å². The van der Waals surface area contributed by atoms with Gasteiger partial charge in [-0.05, 0) is 29.8 Å². The van der Waals surface area contributed by atoms with Crippen molar-refractivity contribution in [2.45, 2.75) is 6.54 Å². The molecule has 1 radical (unpaired) electrons. The number of rotatable bonds is 6. The minimum Gasteiger partial charge on any atom is -0.872 e. The number of aromatic hydroxyl groups is 1.